The van der Waals surface area contributed by atoms with Gasteiger partial charge in [0.05, 0.1) is 11.1 Å². The van der Waals surface area contributed by atoms with Gasteiger partial charge in [0.15, 0.2) is 17.9 Å². The summed E-state index contributed by atoms with van der Waals surface area (Å²) >= 11 is 0. The molecule has 0 atom stereocenters. The van der Waals surface area contributed by atoms with Crippen LogP contribution in [0.5, 0.6) is 11.5 Å². The Kier molecular flexibility index (Phi) is 3.93. The number of hydrogen-bond donors (Lipinski definition) is 0. The second kappa shape index (κ2) is 5.51. The fourth-order valence-corrected chi connectivity index (χ4v) is 1.59. The molecule has 0 aliphatic heterocycles. The molecule has 0 unspecified atom stereocenters. The summed E-state index contributed by atoms with van der Waals surface area (Å²) < 4.78 is 68.7. The first-order valence-electron chi connectivity index (χ1n) is 5.60. The molecule has 110 valence electrons. The highest BCUT2D eigenvalue weighted by molar-refractivity contribution is 5.80. The fraction of sp³-hybridized carbons (Fsp3) is 0.0714. The molecule has 0 amide bonds. The summed E-state index contributed by atoms with van der Waals surface area (Å²) in [7, 11) is 0. The van der Waals surface area contributed by atoms with Gasteiger partial charge < -0.3 is 4.74 Å². The second-order valence-corrected chi connectivity index (χ2v) is 4.05. The lowest BCUT2D eigenvalue weighted by atomic mass is 10.1. The standard InChI is InChI=1S/C14H7F5O2/c15-10-2-4-13(11(16)6-10)21-12-3-1-9(14(17,18)19)5-8(12)7-20/h1-7H. The molecule has 0 spiro atoms. The average Bonchev–Trinajstić information content (AvgIpc) is 2.41. The van der Waals surface area contributed by atoms with Crippen LogP contribution in [-0.2, 0) is 6.18 Å². The van der Waals surface area contributed by atoms with Crippen LogP contribution in [0.4, 0.5) is 22.0 Å². The largest absolute Gasteiger partial charge is 0.454 e. The van der Waals surface area contributed by atoms with Gasteiger partial charge >= 0.3 is 6.18 Å². The van der Waals surface area contributed by atoms with Crippen molar-refractivity contribution in [2.24, 2.45) is 0 Å². The van der Waals surface area contributed by atoms with E-state index in [4.69, 9.17) is 4.74 Å². The Morgan fingerprint density at radius 3 is 2.19 bits per heavy atom. The maximum atomic E-state index is 13.4. The summed E-state index contributed by atoms with van der Waals surface area (Å²) in [6.45, 7) is 0. The third kappa shape index (κ3) is 3.36. The minimum Gasteiger partial charge on any atom is -0.454 e. The van der Waals surface area contributed by atoms with Crippen LogP contribution in [0, 0.1) is 11.6 Å². The van der Waals surface area contributed by atoms with E-state index in [1.165, 1.54) is 0 Å². The van der Waals surface area contributed by atoms with E-state index in [2.05, 4.69) is 0 Å². The van der Waals surface area contributed by atoms with E-state index >= 15 is 0 Å². The Balaban J connectivity index is 2.38. The Hall–Kier alpha value is -2.44. The van der Waals surface area contributed by atoms with Crippen molar-refractivity contribution in [2.45, 2.75) is 6.18 Å². The summed E-state index contributed by atoms with van der Waals surface area (Å²) in [6, 6.07) is 4.63. The van der Waals surface area contributed by atoms with Crippen LogP contribution in [0.1, 0.15) is 15.9 Å². The molecule has 2 aromatic carbocycles. The number of benzene rings is 2. The highest BCUT2D eigenvalue weighted by Crippen LogP contribution is 2.34. The summed E-state index contributed by atoms with van der Waals surface area (Å²) in [6.07, 6.45) is -4.45. The SMILES string of the molecule is O=Cc1cc(C(F)(F)F)ccc1Oc1ccc(F)cc1F. The maximum absolute atomic E-state index is 13.4. The molecular weight excluding hydrogens is 295 g/mol. The predicted octanol–water partition coefficient (Wildman–Crippen LogP) is 4.59. The fourth-order valence-electron chi connectivity index (χ4n) is 1.59. The van der Waals surface area contributed by atoms with E-state index in [1.807, 2.05) is 0 Å². The van der Waals surface area contributed by atoms with Crippen molar-refractivity contribution in [1.29, 1.82) is 0 Å². The van der Waals surface area contributed by atoms with E-state index in [0.717, 1.165) is 18.2 Å². The zero-order valence-electron chi connectivity index (χ0n) is 10.2. The number of rotatable bonds is 3. The number of halogens is 5. The first-order chi connectivity index (χ1) is 9.81. The molecule has 0 aromatic heterocycles. The van der Waals surface area contributed by atoms with Gasteiger partial charge in [0, 0.05) is 6.07 Å². The molecule has 0 aliphatic carbocycles. The molecule has 2 aromatic rings. The lowest BCUT2D eigenvalue weighted by Gasteiger charge is -2.12. The number of carbonyl (C=O) groups excluding carboxylic acids is 1. The van der Waals surface area contributed by atoms with E-state index in [-0.39, 0.29) is 12.0 Å². The van der Waals surface area contributed by atoms with E-state index in [1.54, 1.807) is 0 Å². The molecule has 0 radical (unpaired) electrons. The number of aldehydes is 1. The summed E-state index contributed by atoms with van der Waals surface area (Å²) in [5.74, 6) is -2.53. The van der Waals surface area contributed by atoms with Crippen LogP contribution in [0.25, 0.3) is 0 Å². The third-order valence-electron chi connectivity index (χ3n) is 2.58. The van der Waals surface area contributed by atoms with Crippen molar-refractivity contribution in [1.82, 2.24) is 0 Å². The molecule has 0 aliphatic rings. The van der Waals surface area contributed by atoms with Crippen molar-refractivity contribution in [3.63, 3.8) is 0 Å². The lowest BCUT2D eigenvalue weighted by molar-refractivity contribution is -0.137. The minimum absolute atomic E-state index is 0.159. The summed E-state index contributed by atoms with van der Waals surface area (Å²) in [5.41, 5.74) is -1.43. The summed E-state index contributed by atoms with van der Waals surface area (Å²) in [4.78, 5) is 10.8. The number of ether oxygens (including phenoxy) is 1. The molecule has 0 fully saturated rings. The van der Waals surface area contributed by atoms with Gasteiger partial charge in [0.25, 0.3) is 0 Å². The Labute approximate surface area is 115 Å². The number of alkyl halides is 3. The van der Waals surface area contributed by atoms with Crippen LogP contribution in [0.15, 0.2) is 36.4 Å². The first-order valence-corrected chi connectivity index (χ1v) is 5.60. The quantitative estimate of drug-likeness (QED) is 0.612. The molecule has 0 saturated carbocycles. The van der Waals surface area contributed by atoms with Crippen LogP contribution < -0.4 is 4.74 Å². The lowest BCUT2D eigenvalue weighted by Crippen LogP contribution is -2.06. The Bertz CT molecular complexity index is 680. The highest BCUT2D eigenvalue weighted by atomic mass is 19.4. The van der Waals surface area contributed by atoms with Crippen molar-refractivity contribution in [3.05, 3.63) is 59.2 Å². The van der Waals surface area contributed by atoms with Gasteiger partial charge in [-0.1, -0.05) is 0 Å². The van der Waals surface area contributed by atoms with Gasteiger partial charge in [0.2, 0.25) is 0 Å². The van der Waals surface area contributed by atoms with Crippen LogP contribution >= 0.6 is 0 Å². The number of hydrogen-bond acceptors (Lipinski definition) is 2. The molecule has 0 N–H and O–H groups in total. The van der Waals surface area contributed by atoms with Crippen LogP contribution in [-0.4, -0.2) is 6.29 Å². The van der Waals surface area contributed by atoms with Gasteiger partial charge in [0.1, 0.15) is 11.6 Å². The molecule has 2 nitrogen and oxygen atoms in total. The third-order valence-corrected chi connectivity index (χ3v) is 2.58. The highest BCUT2D eigenvalue weighted by Gasteiger charge is 2.31. The van der Waals surface area contributed by atoms with Crippen molar-refractivity contribution >= 4 is 6.29 Å². The first kappa shape index (κ1) is 15.0. The topological polar surface area (TPSA) is 26.3 Å². The van der Waals surface area contributed by atoms with E-state index in [0.29, 0.717) is 18.2 Å². The normalized spacial score (nSPS) is 11.3. The smallest absolute Gasteiger partial charge is 0.416 e. The zero-order chi connectivity index (χ0) is 15.6. The monoisotopic (exact) mass is 302 g/mol. The van der Waals surface area contributed by atoms with Gasteiger partial charge in [-0.15, -0.1) is 0 Å². The molecule has 7 heteroatoms. The Morgan fingerprint density at radius 2 is 1.62 bits per heavy atom. The zero-order valence-corrected chi connectivity index (χ0v) is 10.2. The molecule has 0 heterocycles. The molecular formula is C14H7F5O2. The average molecular weight is 302 g/mol. The molecule has 0 saturated heterocycles. The van der Waals surface area contributed by atoms with Gasteiger partial charge in [-0.05, 0) is 30.3 Å². The van der Waals surface area contributed by atoms with Crippen molar-refractivity contribution in [2.75, 3.05) is 0 Å². The van der Waals surface area contributed by atoms with E-state index in [9.17, 15) is 26.7 Å². The van der Waals surface area contributed by atoms with Crippen molar-refractivity contribution in [3.8, 4) is 11.5 Å². The summed E-state index contributed by atoms with van der Waals surface area (Å²) in [5, 5.41) is 0. The predicted molar refractivity (Wildman–Crippen MR) is 63.3 cm³/mol. The maximum Gasteiger partial charge on any atom is 0.416 e. The number of carbonyl (C=O) groups is 1. The van der Waals surface area contributed by atoms with Gasteiger partial charge in [-0.3, -0.25) is 4.79 Å². The van der Waals surface area contributed by atoms with Crippen molar-refractivity contribution < 1.29 is 31.5 Å². The second-order valence-electron chi connectivity index (χ2n) is 4.05. The molecule has 21 heavy (non-hydrogen) atoms. The molecule has 0 bridgehead atoms. The molecule has 2 rings (SSSR count). The minimum atomic E-state index is -4.61. The van der Waals surface area contributed by atoms with E-state index < -0.39 is 34.7 Å². The van der Waals surface area contributed by atoms with Crippen LogP contribution in [0.3, 0.4) is 0 Å². The van der Waals surface area contributed by atoms with Crippen LogP contribution in [0.2, 0.25) is 0 Å². The van der Waals surface area contributed by atoms with Gasteiger partial charge in [-0.25, -0.2) is 8.78 Å². The Morgan fingerprint density at radius 1 is 0.952 bits per heavy atom. The van der Waals surface area contributed by atoms with Gasteiger partial charge in [-0.2, -0.15) is 13.2 Å².